The summed E-state index contributed by atoms with van der Waals surface area (Å²) in [5, 5.41) is 15.3. The number of nitrogens with one attached hydrogen (secondary N) is 1. The summed E-state index contributed by atoms with van der Waals surface area (Å²) in [4.78, 5) is 10.8. The molecule has 7 heteroatoms. The topological polar surface area (TPSA) is 73.6 Å². The van der Waals surface area contributed by atoms with Crippen molar-refractivity contribution in [2.24, 2.45) is 5.92 Å². The predicted octanol–water partition coefficient (Wildman–Crippen LogP) is 5.10. The highest BCUT2D eigenvalue weighted by molar-refractivity contribution is 6.31. The lowest BCUT2D eigenvalue weighted by atomic mass is 9.77. The van der Waals surface area contributed by atoms with Gasteiger partial charge in [-0.25, -0.2) is 0 Å². The van der Waals surface area contributed by atoms with Crippen LogP contribution in [0.5, 0.6) is 5.75 Å². The van der Waals surface area contributed by atoms with Crippen molar-refractivity contribution < 1.29 is 14.4 Å². The van der Waals surface area contributed by atoms with Gasteiger partial charge >= 0.3 is 0 Å². The minimum atomic E-state index is -0.384. The number of anilines is 1. The molecule has 1 heterocycles. The fraction of sp³-hybridized carbons (Fsp3) is 0.333. The van der Waals surface area contributed by atoms with Crippen LogP contribution < -0.4 is 10.1 Å². The first-order chi connectivity index (χ1) is 13.6. The number of nitro groups is 1. The van der Waals surface area contributed by atoms with Gasteiger partial charge in [0.25, 0.3) is 5.69 Å². The lowest BCUT2D eigenvalue weighted by Crippen LogP contribution is -2.29. The van der Waals surface area contributed by atoms with E-state index in [0.29, 0.717) is 18.2 Å². The number of fused-ring (bicyclic) bond motifs is 3. The van der Waals surface area contributed by atoms with Crippen molar-refractivity contribution in [1.82, 2.24) is 0 Å². The van der Waals surface area contributed by atoms with Gasteiger partial charge in [-0.3, -0.25) is 10.1 Å². The van der Waals surface area contributed by atoms with Crippen LogP contribution in [0.25, 0.3) is 0 Å². The standard InChI is InChI=1S/C21H21ClN2O4/c1-27-9-10-28-14-6-8-20-17(12-14)15-3-2-4-16(15)21(23-20)18-11-13(24(25)26)5-7-19(18)22/h2-3,5-8,11-12,15-16,21,23H,4,9-10H2,1H3. The summed E-state index contributed by atoms with van der Waals surface area (Å²) >= 11 is 6.43. The molecule has 1 aliphatic carbocycles. The Labute approximate surface area is 168 Å². The van der Waals surface area contributed by atoms with Crippen molar-refractivity contribution in [2.75, 3.05) is 25.6 Å². The average Bonchev–Trinajstić information content (AvgIpc) is 3.18. The maximum absolute atomic E-state index is 11.2. The Morgan fingerprint density at radius 1 is 1.21 bits per heavy atom. The highest BCUT2D eigenvalue weighted by Crippen LogP contribution is 2.51. The molecular formula is C21H21ClN2O4. The van der Waals surface area contributed by atoms with Crippen molar-refractivity contribution >= 4 is 23.0 Å². The molecule has 6 nitrogen and oxygen atoms in total. The molecule has 0 amide bonds. The molecule has 146 valence electrons. The van der Waals surface area contributed by atoms with Gasteiger partial charge in [-0.05, 0) is 42.2 Å². The van der Waals surface area contributed by atoms with Crippen molar-refractivity contribution in [2.45, 2.75) is 18.4 Å². The van der Waals surface area contributed by atoms with Crippen LogP contribution >= 0.6 is 11.6 Å². The molecule has 0 spiro atoms. The number of rotatable bonds is 6. The molecule has 2 aromatic carbocycles. The second-order valence-corrected chi connectivity index (χ2v) is 7.44. The van der Waals surface area contributed by atoms with Gasteiger partial charge in [0.2, 0.25) is 0 Å². The Morgan fingerprint density at radius 3 is 2.86 bits per heavy atom. The third kappa shape index (κ3) is 3.45. The first-order valence-corrected chi connectivity index (χ1v) is 9.59. The first-order valence-electron chi connectivity index (χ1n) is 9.21. The zero-order valence-corrected chi connectivity index (χ0v) is 16.2. The number of methoxy groups -OCH3 is 1. The highest BCUT2D eigenvalue weighted by atomic mass is 35.5. The van der Waals surface area contributed by atoms with Crippen LogP contribution in [0.1, 0.15) is 29.5 Å². The molecule has 0 fully saturated rings. The maximum Gasteiger partial charge on any atom is 0.269 e. The van der Waals surface area contributed by atoms with Gasteiger partial charge in [0.1, 0.15) is 12.4 Å². The van der Waals surface area contributed by atoms with Gasteiger partial charge in [0, 0.05) is 41.4 Å². The zero-order valence-electron chi connectivity index (χ0n) is 15.4. The molecule has 1 N–H and O–H groups in total. The van der Waals surface area contributed by atoms with Crippen LogP contribution in [0, 0.1) is 16.0 Å². The number of hydrogen-bond acceptors (Lipinski definition) is 5. The molecule has 3 unspecified atom stereocenters. The summed E-state index contributed by atoms with van der Waals surface area (Å²) in [5.74, 6) is 1.26. The number of hydrogen-bond donors (Lipinski definition) is 1. The summed E-state index contributed by atoms with van der Waals surface area (Å²) < 4.78 is 10.8. The van der Waals surface area contributed by atoms with E-state index < -0.39 is 0 Å². The van der Waals surface area contributed by atoms with E-state index in [2.05, 4.69) is 23.5 Å². The van der Waals surface area contributed by atoms with Crippen molar-refractivity contribution in [1.29, 1.82) is 0 Å². The molecule has 3 atom stereocenters. The second-order valence-electron chi connectivity index (χ2n) is 7.03. The minimum absolute atomic E-state index is 0.0522. The van der Waals surface area contributed by atoms with Gasteiger partial charge in [-0.15, -0.1) is 0 Å². The van der Waals surface area contributed by atoms with E-state index in [1.165, 1.54) is 11.6 Å². The predicted molar refractivity (Wildman–Crippen MR) is 108 cm³/mol. The molecule has 4 rings (SSSR count). The number of benzene rings is 2. The first kappa shape index (κ1) is 18.8. The Balaban J connectivity index is 1.68. The largest absolute Gasteiger partial charge is 0.491 e. The maximum atomic E-state index is 11.2. The second kappa shape index (κ2) is 7.81. The van der Waals surface area contributed by atoms with Crippen LogP contribution in [-0.2, 0) is 4.74 Å². The van der Waals surface area contributed by atoms with E-state index >= 15 is 0 Å². The smallest absolute Gasteiger partial charge is 0.269 e. The molecule has 0 saturated heterocycles. The molecule has 2 aromatic rings. The molecule has 28 heavy (non-hydrogen) atoms. The molecule has 0 aromatic heterocycles. The highest BCUT2D eigenvalue weighted by Gasteiger charge is 2.39. The van der Waals surface area contributed by atoms with E-state index in [-0.39, 0.29) is 28.5 Å². The molecule has 0 radical (unpaired) electrons. The minimum Gasteiger partial charge on any atom is -0.491 e. The number of allylic oxidation sites excluding steroid dienone is 2. The van der Waals surface area contributed by atoms with E-state index in [4.69, 9.17) is 21.1 Å². The van der Waals surface area contributed by atoms with Gasteiger partial charge in [-0.1, -0.05) is 23.8 Å². The summed E-state index contributed by atoms with van der Waals surface area (Å²) in [6.45, 7) is 1.03. The monoisotopic (exact) mass is 400 g/mol. The SMILES string of the molecule is COCCOc1ccc2c(c1)C1C=CCC1C(c1cc([N+](=O)[O-])ccc1Cl)N2. The Morgan fingerprint density at radius 2 is 2.07 bits per heavy atom. The number of non-ortho nitro benzene ring substituents is 1. The average molecular weight is 401 g/mol. The third-order valence-electron chi connectivity index (χ3n) is 5.42. The summed E-state index contributed by atoms with van der Waals surface area (Å²) in [7, 11) is 1.65. The van der Waals surface area contributed by atoms with E-state index in [1.807, 2.05) is 12.1 Å². The van der Waals surface area contributed by atoms with Crippen LogP contribution in [0.4, 0.5) is 11.4 Å². The summed E-state index contributed by atoms with van der Waals surface area (Å²) in [6, 6.07) is 10.5. The third-order valence-corrected chi connectivity index (χ3v) is 5.76. The molecule has 0 bridgehead atoms. The number of ether oxygens (including phenoxy) is 2. The molecule has 1 aliphatic heterocycles. The number of nitrogens with zero attached hydrogens (tertiary/aromatic N) is 1. The van der Waals surface area contributed by atoms with Gasteiger partial charge in [0.05, 0.1) is 17.6 Å². The van der Waals surface area contributed by atoms with E-state index in [9.17, 15) is 10.1 Å². The van der Waals surface area contributed by atoms with E-state index in [0.717, 1.165) is 23.4 Å². The van der Waals surface area contributed by atoms with Gasteiger partial charge < -0.3 is 14.8 Å². The zero-order chi connectivity index (χ0) is 19.7. The lowest BCUT2D eigenvalue weighted by Gasteiger charge is -2.38. The molecule has 0 saturated carbocycles. The van der Waals surface area contributed by atoms with Crippen LogP contribution in [0.3, 0.4) is 0 Å². The Hall–Kier alpha value is -2.57. The van der Waals surface area contributed by atoms with Gasteiger partial charge in [-0.2, -0.15) is 0 Å². The van der Waals surface area contributed by atoms with Crippen molar-refractivity contribution in [3.05, 3.63) is 74.8 Å². The number of halogens is 1. The van der Waals surface area contributed by atoms with Crippen molar-refractivity contribution in [3.63, 3.8) is 0 Å². The van der Waals surface area contributed by atoms with Crippen LogP contribution in [0.2, 0.25) is 5.02 Å². The summed E-state index contributed by atoms with van der Waals surface area (Å²) in [6.07, 6.45) is 5.26. The van der Waals surface area contributed by atoms with Crippen molar-refractivity contribution in [3.8, 4) is 5.75 Å². The number of nitro benzene ring substituents is 1. The Bertz CT molecular complexity index is 931. The fourth-order valence-electron chi connectivity index (χ4n) is 4.10. The quantitative estimate of drug-likeness (QED) is 0.316. The fourth-order valence-corrected chi connectivity index (χ4v) is 4.33. The summed E-state index contributed by atoms with van der Waals surface area (Å²) in [5.41, 5.74) is 2.99. The lowest BCUT2D eigenvalue weighted by molar-refractivity contribution is -0.384. The molecular weight excluding hydrogens is 380 g/mol. The van der Waals surface area contributed by atoms with E-state index in [1.54, 1.807) is 19.2 Å². The van der Waals surface area contributed by atoms with Crippen LogP contribution in [0.15, 0.2) is 48.6 Å². The normalized spacial score (nSPS) is 22.3. The van der Waals surface area contributed by atoms with Gasteiger partial charge in [0.15, 0.2) is 0 Å². The molecule has 2 aliphatic rings. The van der Waals surface area contributed by atoms with Crippen LogP contribution in [-0.4, -0.2) is 25.2 Å². The Kier molecular flexibility index (Phi) is 5.24.